The van der Waals surface area contributed by atoms with Gasteiger partial charge in [-0.3, -0.25) is 9.36 Å². The molecular weight excluding hydrogens is 206 g/mol. The van der Waals surface area contributed by atoms with Crippen LogP contribution in [0.2, 0.25) is 0 Å². The van der Waals surface area contributed by atoms with Gasteiger partial charge in [-0.05, 0) is 12.1 Å². The van der Waals surface area contributed by atoms with E-state index >= 15 is 0 Å². The molecule has 82 valence electrons. The number of primary amides is 1. The second-order valence-electron chi connectivity index (χ2n) is 3.16. The molecule has 16 heavy (non-hydrogen) atoms. The van der Waals surface area contributed by atoms with Crippen LogP contribution in [-0.2, 0) is 6.54 Å². The predicted octanol–water partition coefficient (Wildman–Crippen LogP) is -0.175. The number of nitrogens with two attached hydrogens (primary N) is 2. The zero-order valence-electron chi connectivity index (χ0n) is 8.50. The molecule has 0 radical (unpaired) electrons. The maximum absolute atomic E-state index is 11.2. The van der Waals surface area contributed by atoms with Crippen LogP contribution >= 0.6 is 0 Å². The summed E-state index contributed by atoms with van der Waals surface area (Å²) in [6.45, 7) is 0.266. The summed E-state index contributed by atoms with van der Waals surface area (Å²) in [5, 5.41) is 0. The van der Waals surface area contributed by atoms with Crippen LogP contribution in [0.15, 0.2) is 30.7 Å². The van der Waals surface area contributed by atoms with Crippen molar-refractivity contribution in [3.8, 4) is 5.82 Å². The normalized spacial score (nSPS) is 10.3. The first-order valence-corrected chi connectivity index (χ1v) is 4.71. The van der Waals surface area contributed by atoms with Crippen molar-refractivity contribution in [3.05, 3.63) is 42.1 Å². The highest BCUT2D eigenvalue weighted by Gasteiger charge is 2.12. The Hall–Kier alpha value is -2.21. The first-order chi connectivity index (χ1) is 7.74. The molecule has 2 heterocycles. The minimum absolute atomic E-state index is 0.266. The molecule has 0 bridgehead atoms. The van der Waals surface area contributed by atoms with Crippen LogP contribution in [-0.4, -0.2) is 20.4 Å². The lowest BCUT2D eigenvalue weighted by atomic mass is 10.2. The molecule has 2 aromatic rings. The van der Waals surface area contributed by atoms with E-state index in [0.29, 0.717) is 17.2 Å². The predicted molar refractivity (Wildman–Crippen MR) is 57.8 cm³/mol. The van der Waals surface area contributed by atoms with Crippen LogP contribution < -0.4 is 11.5 Å². The summed E-state index contributed by atoms with van der Waals surface area (Å²) in [5.41, 5.74) is 11.1. The molecule has 4 N–H and O–H groups in total. The third-order valence-corrected chi connectivity index (χ3v) is 2.18. The number of hydrogen-bond donors (Lipinski definition) is 2. The van der Waals surface area contributed by atoms with Crippen LogP contribution in [0.4, 0.5) is 0 Å². The van der Waals surface area contributed by atoms with Gasteiger partial charge < -0.3 is 11.5 Å². The fraction of sp³-hybridized carbons (Fsp3) is 0.100. The van der Waals surface area contributed by atoms with Gasteiger partial charge in [0.25, 0.3) is 5.91 Å². The number of imidazole rings is 1. The molecule has 0 aliphatic heterocycles. The first-order valence-electron chi connectivity index (χ1n) is 4.71. The van der Waals surface area contributed by atoms with Gasteiger partial charge >= 0.3 is 0 Å². The Morgan fingerprint density at radius 3 is 2.88 bits per heavy atom. The van der Waals surface area contributed by atoms with E-state index in [1.54, 1.807) is 35.3 Å². The van der Waals surface area contributed by atoms with E-state index in [1.807, 2.05) is 0 Å². The lowest BCUT2D eigenvalue weighted by molar-refractivity contribution is 0.1000. The van der Waals surface area contributed by atoms with Gasteiger partial charge in [0.2, 0.25) is 0 Å². The number of nitrogens with zero attached hydrogens (tertiary/aromatic N) is 3. The van der Waals surface area contributed by atoms with E-state index in [2.05, 4.69) is 9.97 Å². The molecule has 1 amide bonds. The van der Waals surface area contributed by atoms with E-state index in [-0.39, 0.29) is 6.54 Å². The van der Waals surface area contributed by atoms with Gasteiger partial charge in [-0.15, -0.1) is 0 Å². The summed E-state index contributed by atoms with van der Waals surface area (Å²) in [6, 6.07) is 3.27. The topological polar surface area (TPSA) is 99.8 Å². The van der Waals surface area contributed by atoms with Gasteiger partial charge in [0, 0.05) is 18.6 Å². The standard InChI is InChI=1S/C10H11N5O/c11-6-8-13-4-5-15(8)10-7(9(12)16)2-1-3-14-10/h1-5H,6,11H2,(H2,12,16). The lowest BCUT2D eigenvalue weighted by Gasteiger charge is -2.08. The Balaban J connectivity index is 2.60. The third kappa shape index (κ3) is 1.66. The third-order valence-electron chi connectivity index (χ3n) is 2.18. The zero-order valence-corrected chi connectivity index (χ0v) is 8.50. The van der Waals surface area contributed by atoms with Gasteiger partial charge in [0.1, 0.15) is 5.82 Å². The number of amides is 1. The molecular formula is C10H11N5O. The van der Waals surface area contributed by atoms with Crippen LogP contribution in [0.1, 0.15) is 16.2 Å². The van der Waals surface area contributed by atoms with E-state index < -0.39 is 5.91 Å². The molecule has 2 rings (SSSR count). The summed E-state index contributed by atoms with van der Waals surface area (Å²) in [5.74, 6) is 0.550. The van der Waals surface area contributed by atoms with Gasteiger partial charge in [0.15, 0.2) is 5.82 Å². The van der Waals surface area contributed by atoms with E-state index in [4.69, 9.17) is 11.5 Å². The van der Waals surface area contributed by atoms with Crippen molar-refractivity contribution in [1.82, 2.24) is 14.5 Å². The monoisotopic (exact) mass is 217 g/mol. The van der Waals surface area contributed by atoms with E-state index in [0.717, 1.165) is 0 Å². The largest absolute Gasteiger partial charge is 0.365 e. The van der Waals surface area contributed by atoms with Gasteiger partial charge in [0.05, 0.1) is 12.1 Å². The zero-order chi connectivity index (χ0) is 11.5. The second kappa shape index (κ2) is 4.11. The van der Waals surface area contributed by atoms with Gasteiger partial charge in [-0.1, -0.05) is 0 Å². The molecule has 0 atom stereocenters. The van der Waals surface area contributed by atoms with E-state index in [1.165, 1.54) is 0 Å². The highest BCUT2D eigenvalue weighted by atomic mass is 16.1. The average molecular weight is 217 g/mol. The summed E-state index contributed by atoms with van der Waals surface area (Å²) in [6.07, 6.45) is 4.88. The quantitative estimate of drug-likeness (QED) is 0.745. The van der Waals surface area contributed by atoms with Crippen LogP contribution in [0.3, 0.4) is 0 Å². The maximum Gasteiger partial charge on any atom is 0.252 e. The van der Waals surface area contributed by atoms with Gasteiger partial charge in [-0.2, -0.15) is 0 Å². The van der Waals surface area contributed by atoms with Crippen molar-refractivity contribution in [3.63, 3.8) is 0 Å². The fourth-order valence-electron chi connectivity index (χ4n) is 1.46. The van der Waals surface area contributed by atoms with Crippen molar-refractivity contribution >= 4 is 5.91 Å². The fourth-order valence-corrected chi connectivity index (χ4v) is 1.46. The Bertz CT molecular complexity index is 519. The number of carbonyl (C=O) groups excluding carboxylic acids is 1. The molecule has 0 aliphatic carbocycles. The molecule has 6 nitrogen and oxygen atoms in total. The van der Waals surface area contributed by atoms with Crippen LogP contribution in [0, 0.1) is 0 Å². The molecule has 0 saturated carbocycles. The van der Waals surface area contributed by atoms with Crippen molar-refractivity contribution < 1.29 is 4.79 Å². The minimum Gasteiger partial charge on any atom is -0.365 e. The lowest BCUT2D eigenvalue weighted by Crippen LogP contribution is -2.17. The average Bonchev–Trinajstić information content (AvgIpc) is 2.76. The molecule has 6 heteroatoms. The van der Waals surface area contributed by atoms with Crippen molar-refractivity contribution in [2.75, 3.05) is 0 Å². The van der Waals surface area contributed by atoms with Gasteiger partial charge in [-0.25, -0.2) is 9.97 Å². The molecule has 0 unspecified atom stereocenters. The Labute approximate surface area is 91.9 Å². The molecule has 0 saturated heterocycles. The smallest absolute Gasteiger partial charge is 0.252 e. The molecule has 0 spiro atoms. The van der Waals surface area contributed by atoms with Crippen molar-refractivity contribution in [2.24, 2.45) is 11.5 Å². The van der Waals surface area contributed by atoms with Crippen molar-refractivity contribution in [2.45, 2.75) is 6.54 Å². The molecule has 0 aliphatic rings. The molecule has 0 aromatic carbocycles. The number of carbonyl (C=O) groups is 1. The highest BCUT2D eigenvalue weighted by molar-refractivity contribution is 5.95. The Kier molecular flexibility index (Phi) is 2.65. The Morgan fingerprint density at radius 2 is 2.19 bits per heavy atom. The highest BCUT2D eigenvalue weighted by Crippen LogP contribution is 2.12. The minimum atomic E-state index is -0.528. The number of hydrogen-bond acceptors (Lipinski definition) is 4. The van der Waals surface area contributed by atoms with Crippen LogP contribution in [0.5, 0.6) is 0 Å². The van der Waals surface area contributed by atoms with Crippen LogP contribution in [0.25, 0.3) is 5.82 Å². The molecule has 0 fully saturated rings. The summed E-state index contributed by atoms with van der Waals surface area (Å²) < 4.78 is 1.65. The first kappa shape index (κ1) is 10.3. The summed E-state index contributed by atoms with van der Waals surface area (Å²) >= 11 is 0. The molecule has 2 aromatic heterocycles. The maximum atomic E-state index is 11.2. The second-order valence-corrected chi connectivity index (χ2v) is 3.16. The van der Waals surface area contributed by atoms with E-state index in [9.17, 15) is 4.79 Å². The number of rotatable bonds is 3. The van der Waals surface area contributed by atoms with Crippen molar-refractivity contribution in [1.29, 1.82) is 0 Å². The number of pyridine rings is 1. The number of aromatic nitrogens is 3. The Morgan fingerprint density at radius 1 is 1.38 bits per heavy atom. The summed E-state index contributed by atoms with van der Waals surface area (Å²) in [7, 11) is 0. The SMILES string of the molecule is NCc1nccn1-c1ncccc1C(N)=O. The summed E-state index contributed by atoms with van der Waals surface area (Å²) in [4.78, 5) is 19.4.